The lowest BCUT2D eigenvalue weighted by Gasteiger charge is -2.20. The minimum Gasteiger partial charge on any atom is -0.483 e. The standard InChI is InChI=1S/C22H18N2O2S/c1-16-15-27-22(23-16)24(18-10-3-2-4-11-18)21(25)14-26-20-13-7-9-17-8-5-6-12-19(17)20/h2-13,15H,14H2,1H3. The van der Waals surface area contributed by atoms with Crippen LogP contribution in [0, 0.1) is 6.92 Å². The van der Waals surface area contributed by atoms with Crippen molar-refractivity contribution in [3.05, 3.63) is 83.9 Å². The molecule has 1 amide bonds. The third-order valence-electron chi connectivity index (χ3n) is 4.16. The van der Waals surface area contributed by atoms with E-state index in [4.69, 9.17) is 4.74 Å². The van der Waals surface area contributed by atoms with Gasteiger partial charge in [0.2, 0.25) is 0 Å². The van der Waals surface area contributed by atoms with Gasteiger partial charge in [0.15, 0.2) is 11.7 Å². The summed E-state index contributed by atoms with van der Waals surface area (Å²) in [5, 5.41) is 4.65. The number of aromatic nitrogens is 1. The highest BCUT2D eigenvalue weighted by molar-refractivity contribution is 7.14. The monoisotopic (exact) mass is 374 g/mol. The summed E-state index contributed by atoms with van der Waals surface area (Å²) in [6.07, 6.45) is 0. The third-order valence-corrected chi connectivity index (χ3v) is 5.11. The number of rotatable bonds is 5. The molecular formula is C22H18N2O2S. The van der Waals surface area contributed by atoms with Crippen LogP contribution < -0.4 is 9.64 Å². The largest absolute Gasteiger partial charge is 0.483 e. The number of nitrogens with zero attached hydrogens (tertiary/aromatic N) is 2. The summed E-state index contributed by atoms with van der Waals surface area (Å²) in [5.74, 6) is 0.535. The van der Waals surface area contributed by atoms with Crippen LogP contribution in [0.2, 0.25) is 0 Å². The van der Waals surface area contributed by atoms with Crippen LogP contribution in [0.25, 0.3) is 10.8 Å². The molecule has 0 atom stereocenters. The van der Waals surface area contributed by atoms with Gasteiger partial charge in [0.05, 0.1) is 11.4 Å². The van der Waals surface area contributed by atoms with Crippen molar-refractivity contribution in [3.8, 4) is 5.75 Å². The van der Waals surface area contributed by atoms with E-state index in [2.05, 4.69) is 4.98 Å². The Hall–Kier alpha value is -3.18. The van der Waals surface area contributed by atoms with Crippen LogP contribution in [0.4, 0.5) is 10.8 Å². The van der Waals surface area contributed by atoms with Crippen molar-refractivity contribution in [2.75, 3.05) is 11.5 Å². The molecule has 0 fully saturated rings. The molecule has 0 aliphatic heterocycles. The highest BCUT2D eigenvalue weighted by atomic mass is 32.1. The zero-order valence-electron chi connectivity index (χ0n) is 14.8. The van der Waals surface area contributed by atoms with Crippen molar-refractivity contribution in [1.29, 1.82) is 0 Å². The van der Waals surface area contributed by atoms with Crippen LogP contribution in [0.3, 0.4) is 0 Å². The molecule has 0 N–H and O–H groups in total. The van der Waals surface area contributed by atoms with E-state index in [1.54, 1.807) is 4.90 Å². The van der Waals surface area contributed by atoms with Gasteiger partial charge in [0.25, 0.3) is 5.91 Å². The summed E-state index contributed by atoms with van der Waals surface area (Å²) in [7, 11) is 0. The summed E-state index contributed by atoms with van der Waals surface area (Å²) in [4.78, 5) is 19.1. The van der Waals surface area contributed by atoms with E-state index in [-0.39, 0.29) is 12.5 Å². The van der Waals surface area contributed by atoms with Gasteiger partial charge in [-0.3, -0.25) is 9.69 Å². The molecule has 1 aromatic heterocycles. The second kappa shape index (κ2) is 7.60. The highest BCUT2D eigenvalue weighted by Gasteiger charge is 2.21. The molecule has 0 saturated carbocycles. The van der Waals surface area contributed by atoms with E-state index in [9.17, 15) is 4.79 Å². The van der Waals surface area contributed by atoms with Crippen molar-refractivity contribution in [1.82, 2.24) is 4.98 Å². The number of carbonyl (C=O) groups is 1. The summed E-state index contributed by atoms with van der Waals surface area (Å²) in [5.41, 5.74) is 1.66. The first-order valence-electron chi connectivity index (χ1n) is 8.63. The molecule has 5 heteroatoms. The Morgan fingerprint density at radius 1 is 1.00 bits per heavy atom. The van der Waals surface area contributed by atoms with E-state index < -0.39 is 0 Å². The van der Waals surface area contributed by atoms with Gasteiger partial charge in [-0.1, -0.05) is 54.6 Å². The molecule has 3 aromatic carbocycles. The number of carbonyl (C=O) groups excluding carboxylic acids is 1. The van der Waals surface area contributed by atoms with Crippen molar-refractivity contribution >= 4 is 38.8 Å². The van der Waals surface area contributed by atoms with Crippen molar-refractivity contribution in [2.45, 2.75) is 6.92 Å². The SMILES string of the molecule is Cc1csc(N(C(=O)COc2cccc3ccccc23)c2ccccc2)n1. The third kappa shape index (κ3) is 3.68. The van der Waals surface area contributed by atoms with Crippen LogP contribution in [-0.2, 0) is 4.79 Å². The molecule has 0 spiro atoms. The smallest absolute Gasteiger partial charge is 0.271 e. The molecule has 4 nitrogen and oxygen atoms in total. The molecule has 1 heterocycles. The van der Waals surface area contributed by atoms with E-state index >= 15 is 0 Å². The Kier molecular flexibility index (Phi) is 4.85. The summed E-state index contributed by atoms with van der Waals surface area (Å²) in [6.45, 7) is 1.85. The van der Waals surface area contributed by atoms with E-state index in [0.29, 0.717) is 10.9 Å². The Morgan fingerprint density at radius 2 is 1.74 bits per heavy atom. The topological polar surface area (TPSA) is 42.4 Å². The fourth-order valence-corrected chi connectivity index (χ4v) is 3.75. The average Bonchev–Trinajstić information content (AvgIpc) is 3.13. The minimum absolute atomic E-state index is 0.0679. The number of ether oxygens (including phenoxy) is 1. The van der Waals surface area contributed by atoms with Gasteiger partial charge in [0.1, 0.15) is 5.75 Å². The number of hydrogen-bond donors (Lipinski definition) is 0. The molecule has 4 rings (SSSR count). The van der Waals surface area contributed by atoms with Crippen molar-refractivity contribution in [2.24, 2.45) is 0 Å². The van der Waals surface area contributed by atoms with Gasteiger partial charge < -0.3 is 4.74 Å². The zero-order valence-corrected chi connectivity index (χ0v) is 15.6. The fourth-order valence-electron chi connectivity index (χ4n) is 2.91. The summed E-state index contributed by atoms with van der Waals surface area (Å²) < 4.78 is 5.90. The quantitative estimate of drug-likeness (QED) is 0.473. The average molecular weight is 374 g/mol. The predicted molar refractivity (Wildman–Crippen MR) is 110 cm³/mol. The minimum atomic E-state index is -0.163. The van der Waals surface area contributed by atoms with Crippen molar-refractivity contribution < 1.29 is 9.53 Å². The van der Waals surface area contributed by atoms with Gasteiger partial charge in [-0.25, -0.2) is 4.98 Å². The molecule has 0 aliphatic carbocycles. The number of amides is 1. The molecule has 0 aliphatic rings. The number of hydrogen-bond acceptors (Lipinski definition) is 4. The number of benzene rings is 3. The predicted octanol–water partition coefficient (Wildman–Crippen LogP) is 5.35. The lowest BCUT2D eigenvalue weighted by Crippen LogP contribution is -2.30. The molecule has 0 radical (unpaired) electrons. The Bertz CT molecular complexity index is 1070. The van der Waals surface area contributed by atoms with Crippen LogP contribution in [0.5, 0.6) is 5.75 Å². The molecule has 0 saturated heterocycles. The molecule has 4 aromatic rings. The summed E-state index contributed by atoms with van der Waals surface area (Å²) in [6, 6.07) is 23.3. The molecule has 134 valence electrons. The van der Waals surface area contributed by atoms with Gasteiger partial charge in [-0.2, -0.15) is 0 Å². The lowest BCUT2D eigenvalue weighted by molar-refractivity contribution is -0.119. The maximum Gasteiger partial charge on any atom is 0.271 e. The number of aryl methyl sites for hydroxylation is 1. The first-order valence-corrected chi connectivity index (χ1v) is 9.51. The van der Waals surface area contributed by atoms with Gasteiger partial charge in [-0.15, -0.1) is 11.3 Å². The van der Waals surface area contributed by atoms with E-state index in [1.807, 2.05) is 85.1 Å². The summed E-state index contributed by atoms with van der Waals surface area (Å²) >= 11 is 1.44. The maximum atomic E-state index is 13.0. The number of anilines is 2. The van der Waals surface area contributed by atoms with E-state index in [0.717, 1.165) is 22.2 Å². The second-order valence-corrected chi connectivity index (χ2v) is 6.94. The second-order valence-electron chi connectivity index (χ2n) is 6.10. The lowest BCUT2D eigenvalue weighted by atomic mass is 10.1. The van der Waals surface area contributed by atoms with Crippen LogP contribution in [0.15, 0.2) is 78.2 Å². The van der Waals surface area contributed by atoms with Crippen LogP contribution in [0.1, 0.15) is 5.69 Å². The molecular weight excluding hydrogens is 356 g/mol. The zero-order chi connectivity index (χ0) is 18.6. The Balaban J connectivity index is 1.60. The highest BCUT2D eigenvalue weighted by Crippen LogP contribution is 2.29. The van der Waals surface area contributed by atoms with Crippen LogP contribution >= 0.6 is 11.3 Å². The van der Waals surface area contributed by atoms with Gasteiger partial charge in [0, 0.05) is 10.8 Å². The maximum absolute atomic E-state index is 13.0. The van der Waals surface area contributed by atoms with E-state index in [1.165, 1.54) is 11.3 Å². The van der Waals surface area contributed by atoms with Crippen LogP contribution in [-0.4, -0.2) is 17.5 Å². The van der Waals surface area contributed by atoms with Gasteiger partial charge >= 0.3 is 0 Å². The van der Waals surface area contributed by atoms with Crippen molar-refractivity contribution in [3.63, 3.8) is 0 Å². The molecule has 0 bridgehead atoms. The normalized spacial score (nSPS) is 10.7. The number of para-hydroxylation sites is 1. The van der Waals surface area contributed by atoms with Gasteiger partial charge in [-0.05, 0) is 30.5 Å². The Labute approximate surface area is 161 Å². The number of fused-ring (bicyclic) bond motifs is 1. The Morgan fingerprint density at radius 3 is 2.52 bits per heavy atom. The molecule has 0 unspecified atom stereocenters. The first kappa shape index (κ1) is 17.2. The first-order chi connectivity index (χ1) is 13.2. The molecule has 27 heavy (non-hydrogen) atoms. The number of thiazole rings is 1. The fraction of sp³-hybridized carbons (Fsp3) is 0.0909.